The molecule has 5 atom stereocenters. The highest BCUT2D eigenvalue weighted by Gasteiger charge is 2.44. The Morgan fingerprint density at radius 3 is 2.57 bits per heavy atom. The molecule has 1 saturated heterocycles. The van der Waals surface area contributed by atoms with Crippen LogP contribution in [0, 0.1) is 0 Å². The smallest absolute Gasteiger partial charge is 0.226 e. The van der Waals surface area contributed by atoms with Crippen molar-refractivity contribution in [2.75, 3.05) is 18.5 Å². The second kappa shape index (κ2) is 8.80. The molecule has 11 heteroatoms. The number of ether oxygens (including phenoxy) is 1. The molecule has 4 rings (SSSR count). The van der Waals surface area contributed by atoms with Crippen molar-refractivity contribution >= 4 is 28.6 Å². The molecular formula is C19H22ClN5O5. The van der Waals surface area contributed by atoms with Crippen LogP contribution < -0.4 is 5.32 Å². The topological polar surface area (TPSA) is 146 Å². The third-order valence-electron chi connectivity index (χ3n) is 5.07. The lowest BCUT2D eigenvalue weighted by molar-refractivity contribution is -0.0511. The standard InChI is InChI=1S/C19H22ClN5O5/c20-19-23-16(22-11(7-26)6-10-4-2-1-3-5-10)13-17(24-19)25(9-21-13)18-15(29)14(28)12(8-27)30-18/h1-5,9,11-12,14-15,18,26-29H,6-8H2,(H,22,23,24)/t11?,12-,14-,15-,18-/m1/s1. The fourth-order valence-corrected chi connectivity index (χ4v) is 3.70. The summed E-state index contributed by atoms with van der Waals surface area (Å²) in [7, 11) is 0. The molecule has 0 radical (unpaired) electrons. The molecule has 3 aromatic rings. The first-order chi connectivity index (χ1) is 14.5. The van der Waals surface area contributed by atoms with Gasteiger partial charge in [0.2, 0.25) is 5.28 Å². The van der Waals surface area contributed by atoms with E-state index in [-0.39, 0.29) is 23.6 Å². The molecule has 0 saturated carbocycles. The molecule has 1 fully saturated rings. The molecule has 160 valence electrons. The van der Waals surface area contributed by atoms with Gasteiger partial charge in [-0.1, -0.05) is 30.3 Å². The Bertz CT molecular complexity index is 1000. The summed E-state index contributed by atoms with van der Waals surface area (Å²) >= 11 is 6.11. The lowest BCUT2D eigenvalue weighted by Crippen LogP contribution is -2.33. The van der Waals surface area contributed by atoms with E-state index in [0.29, 0.717) is 17.8 Å². The average Bonchev–Trinajstić information content (AvgIpc) is 3.29. The monoisotopic (exact) mass is 435 g/mol. The summed E-state index contributed by atoms with van der Waals surface area (Å²) in [6.07, 6.45) is -2.52. The second-order valence-corrected chi connectivity index (χ2v) is 7.45. The van der Waals surface area contributed by atoms with Gasteiger partial charge in [0.1, 0.15) is 18.3 Å². The Hall–Kier alpha value is -2.34. The molecule has 1 aliphatic rings. The quantitative estimate of drug-likeness (QED) is 0.326. The molecule has 0 bridgehead atoms. The number of hydrogen-bond acceptors (Lipinski definition) is 9. The van der Waals surface area contributed by atoms with Gasteiger partial charge in [-0.15, -0.1) is 0 Å². The molecule has 0 aliphatic carbocycles. The minimum absolute atomic E-state index is 0.0603. The van der Waals surface area contributed by atoms with Gasteiger partial charge < -0.3 is 30.5 Å². The minimum Gasteiger partial charge on any atom is -0.394 e. The van der Waals surface area contributed by atoms with E-state index in [2.05, 4.69) is 20.3 Å². The molecular weight excluding hydrogens is 414 g/mol. The second-order valence-electron chi connectivity index (χ2n) is 7.11. The fraction of sp³-hybridized carbons (Fsp3) is 0.421. The van der Waals surface area contributed by atoms with Gasteiger partial charge in [0.25, 0.3) is 0 Å². The molecule has 1 aromatic carbocycles. The molecule has 0 amide bonds. The number of nitrogens with one attached hydrogen (secondary N) is 1. The van der Waals surface area contributed by atoms with Gasteiger partial charge in [-0.25, -0.2) is 4.98 Å². The Morgan fingerprint density at radius 1 is 1.13 bits per heavy atom. The number of nitrogens with zero attached hydrogens (tertiary/aromatic N) is 4. The van der Waals surface area contributed by atoms with Crippen LogP contribution in [-0.4, -0.2) is 77.5 Å². The van der Waals surface area contributed by atoms with Crippen molar-refractivity contribution in [3.8, 4) is 0 Å². The van der Waals surface area contributed by atoms with Gasteiger partial charge in [0.05, 0.1) is 25.6 Å². The van der Waals surface area contributed by atoms with Gasteiger partial charge >= 0.3 is 0 Å². The summed E-state index contributed by atoms with van der Waals surface area (Å²) in [5.41, 5.74) is 1.69. The molecule has 10 nitrogen and oxygen atoms in total. The summed E-state index contributed by atoms with van der Waals surface area (Å²) in [4.78, 5) is 12.7. The summed E-state index contributed by atoms with van der Waals surface area (Å²) < 4.78 is 6.99. The van der Waals surface area contributed by atoms with Gasteiger partial charge in [-0.3, -0.25) is 4.57 Å². The SMILES string of the molecule is OCC(Cc1ccccc1)Nc1nc(Cl)nc2c1ncn2[C@@H]1O[C@H](CO)[C@@H](O)[C@H]1O. The Balaban J connectivity index is 1.64. The highest BCUT2D eigenvalue weighted by atomic mass is 35.5. The van der Waals surface area contributed by atoms with Crippen LogP contribution in [0.2, 0.25) is 5.28 Å². The molecule has 1 aliphatic heterocycles. The fourth-order valence-electron chi connectivity index (χ4n) is 3.54. The van der Waals surface area contributed by atoms with Gasteiger partial charge in [0, 0.05) is 0 Å². The molecule has 30 heavy (non-hydrogen) atoms. The summed E-state index contributed by atoms with van der Waals surface area (Å²) in [6, 6.07) is 9.34. The first-order valence-corrected chi connectivity index (χ1v) is 9.83. The number of fused-ring (bicyclic) bond motifs is 1. The lowest BCUT2D eigenvalue weighted by atomic mass is 10.1. The zero-order valence-corrected chi connectivity index (χ0v) is 16.6. The Kier molecular flexibility index (Phi) is 6.14. The number of aliphatic hydroxyl groups excluding tert-OH is 4. The number of aliphatic hydroxyl groups is 4. The van der Waals surface area contributed by atoms with Gasteiger partial charge in [-0.2, -0.15) is 9.97 Å². The van der Waals surface area contributed by atoms with E-state index in [1.807, 2.05) is 30.3 Å². The summed E-state index contributed by atoms with van der Waals surface area (Å²) in [5.74, 6) is 0.325. The van der Waals surface area contributed by atoms with Crippen molar-refractivity contribution in [3.63, 3.8) is 0 Å². The Labute approximate surface area is 176 Å². The van der Waals surface area contributed by atoms with Crippen molar-refractivity contribution in [1.82, 2.24) is 19.5 Å². The number of imidazole rings is 1. The largest absolute Gasteiger partial charge is 0.394 e. The van der Waals surface area contributed by atoms with Crippen molar-refractivity contribution in [2.45, 2.75) is 37.0 Å². The average molecular weight is 436 g/mol. The summed E-state index contributed by atoms with van der Waals surface area (Å²) in [6.45, 7) is -0.588. The number of aromatic nitrogens is 4. The van der Waals surface area contributed by atoms with Gasteiger partial charge in [-0.05, 0) is 23.6 Å². The number of halogens is 1. The van der Waals surface area contributed by atoms with Crippen molar-refractivity contribution < 1.29 is 25.2 Å². The highest BCUT2D eigenvalue weighted by Crippen LogP contribution is 2.32. The molecule has 3 heterocycles. The first-order valence-electron chi connectivity index (χ1n) is 9.45. The van der Waals surface area contributed by atoms with Gasteiger partial charge in [0.15, 0.2) is 23.2 Å². The van der Waals surface area contributed by atoms with Crippen LogP contribution in [0.3, 0.4) is 0 Å². The number of benzene rings is 1. The van der Waals surface area contributed by atoms with Crippen molar-refractivity contribution in [1.29, 1.82) is 0 Å². The molecule has 1 unspecified atom stereocenters. The van der Waals surface area contributed by atoms with Crippen LogP contribution in [0.4, 0.5) is 5.82 Å². The number of anilines is 1. The third-order valence-corrected chi connectivity index (χ3v) is 5.24. The van der Waals surface area contributed by atoms with Crippen LogP contribution in [0.25, 0.3) is 11.2 Å². The minimum atomic E-state index is -1.28. The zero-order chi connectivity index (χ0) is 21.3. The van der Waals surface area contributed by atoms with E-state index >= 15 is 0 Å². The van der Waals surface area contributed by atoms with E-state index in [4.69, 9.17) is 16.3 Å². The lowest BCUT2D eigenvalue weighted by Gasteiger charge is -2.18. The predicted octanol–water partition coefficient (Wildman–Crippen LogP) is 0.107. The zero-order valence-electron chi connectivity index (χ0n) is 15.8. The van der Waals surface area contributed by atoms with E-state index in [9.17, 15) is 20.4 Å². The van der Waals surface area contributed by atoms with Crippen LogP contribution in [0.1, 0.15) is 11.8 Å². The van der Waals surface area contributed by atoms with Crippen LogP contribution in [-0.2, 0) is 11.2 Å². The Morgan fingerprint density at radius 2 is 1.90 bits per heavy atom. The van der Waals surface area contributed by atoms with E-state index in [1.54, 1.807) is 0 Å². The van der Waals surface area contributed by atoms with Crippen molar-refractivity contribution in [3.05, 3.63) is 47.5 Å². The molecule has 5 N–H and O–H groups in total. The van der Waals surface area contributed by atoms with E-state index in [0.717, 1.165) is 5.56 Å². The van der Waals surface area contributed by atoms with Crippen LogP contribution >= 0.6 is 11.6 Å². The predicted molar refractivity (Wildman–Crippen MR) is 108 cm³/mol. The molecule has 0 spiro atoms. The third kappa shape index (κ3) is 3.97. The summed E-state index contributed by atoms with van der Waals surface area (Å²) in [5, 5.41) is 42.6. The van der Waals surface area contributed by atoms with E-state index < -0.39 is 31.1 Å². The van der Waals surface area contributed by atoms with Crippen molar-refractivity contribution in [2.24, 2.45) is 0 Å². The highest BCUT2D eigenvalue weighted by molar-refractivity contribution is 6.28. The molecule has 2 aromatic heterocycles. The van der Waals surface area contributed by atoms with E-state index in [1.165, 1.54) is 10.9 Å². The maximum absolute atomic E-state index is 10.3. The maximum atomic E-state index is 10.3. The maximum Gasteiger partial charge on any atom is 0.226 e. The first kappa shape index (κ1) is 20.9. The normalized spacial score (nSPS) is 25.0. The number of hydrogen-bond donors (Lipinski definition) is 5. The number of rotatable bonds is 7. The van der Waals surface area contributed by atoms with Crippen LogP contribution in [0.15, 0.2) is 36.7 Å². The van der Waals surface area contributed by atoms with Crippen LogP contribution in [0.5, 0.6) is 0 Å².